The molecule has 0 radical (unpaired) electrons. The predicted octanol–water partition coefficient (Wildman–Crippen LogP) is 11.6. The maximum atomic E-state index is 5.16. The molecule has 3 aliphatic heterocycles. The van der Waals surface area contributed by atoms with Crippen molar-refractivity contribution < 1.29 is 0 Å². The van der Waals surface area contributed by atoms with Gasteiger partial charge in [0.1, 0.15) is 5.82 Å². The molecular weight excluding hydrogens is 857 g/mol. The molecule has 2 fully saturated rings. The number of hydrogen-bond donors (Lipinski definition) is 3. The first-order valence-electron chi connectivity index (χ1n) is 24.1. The van der Waals surface area contributed by atoms with Crippen LogP contribution in [0.2, 0.25) is 0 Å². The van der Waals surface area contributed by atoms with Crippen molar-refractivity contribution in [3.8, 4) is 11.1 Å². The molecule has 11 heteroatoms. The summed E-state index contributed by atoms with van der Waals surface area (Å²) in [6, 6.07) is 34.7. The Morgan fingerprint density at radius 2 is 1.68 bits per heavy atom. The molecule has 10 nitrogen and oxygen atoms in total. The second-order valence-electron chi connectivity index (χ2n) is 18.6. The first-order valence-corrected chi connectivity index (χ1v) is 24.9. The van der Waals surface area contributed by atoms with Gasteiger partial charge in [0.05, 0.1) is 27.1 Å². The van der Waals surface area contributed by atoms with Crippen LogP contribution in [0.15, 0.2) is 147 Å². The van der Waals surface area contributed by atoms with Crippen LogP contribution in [0, 0.1) is 0 Å². The Balaban J connectivity index is 0.670. The van der Waals surface area contributed by atoms with Crippen molar-refractivity contribution in [3.63, 3.8) is 0 Å². The Labute approximate surface area is 405 Å². The van der Waals surface area contributed by atoms with E-state index in [0.717, 1.165) is 161 Å². The molecule has 7 aromatic rings. The zero-order valence-corrected chi connectivity index (χ0v) is 40.2. The quantitative estimate of drug-likeness (QED) is 0.0820. The third-order valence-electron chi connectivity index (χ3n) is 13.9. The summed E-state index contributed by atoms with van der Waals surface area (Å²) in [5.41, 5.74) is 16.4. The number of nitrogens with one attached hydrogen (secondary N) is 3. The minimum absolute atomic E-state index is 0.185. The molecule has 3 N–H and O–H groups in total. The normalized spacial score (nSPS) is 16.7. The van der Waals surface area contributed by atoms with Crippen LogP contribution in [-0.2, 0) is 26.4 Å². The molecule has 0 bridgehead atoms. The van der Waals surface area contributed by atoms with Crippen molar-refractivity contribution in [2.75, 3.05) is 61.3 Å². The average Bonchev–Trinajstić information content (AvgIpc) is 3.92. The van der Waals surface area contributed by atoms with Crippen LogP contribution in [0.25, 0.3) is 44.0 Å². The van der Waals surface area contributed by atoms with E-state index in [1.807, 2.05) is 36.0 Å². The lowest BCUT2D eigenvalue weighted by atomic mass is 9.90. The molecule has 68 heavy (non-hydrogen) atoms. The summed E-state index contributed by atoms with van der Waals surface area (Å²) in [7, 11) is 2.02. The summed E-state index contributed by atoms with van der Waals surface area (Å²) in [6.07, 6.45) is 8.18. The van der Waals surface area contributed by atoms with E-state index in [9.17, 15) is 0 Å². The van der Waals surface area contributed by atoms with Crippen molar-refractivity contribution >= 4 is 60.9 Å². The smallest absolute Gasteiger partial charge is 0.188 e. The van der Waals surface area contributed by atoms with Crippen molar-refractivity contribution in [1.82, 2.24) is 34.9 Å². The maximum Gasteiger partial charge on any atom is 0.188 e. The van der Waals surface area contributed by atoms with Crippen LogP contribution in [0.1, 0.15) is 65.2 Å². The molecule has 346 valence electrons. The molecule has 6 heterocycles. The number of anilines is 3. The van der Waals surface area contributed by atoms with Gasteiger partial charge in [0.15, 0.2) is 5.13 Å². The van der Waals surface area contributed by atoms with Gasteiger partial charge >= 0.3 is 0 Å². The largest absolute Gasteiger partial charge is 0.363 e. The lowest BCUT2D eigenvalue weighted by Crippen LogP contribution is -2.47. The number of thiazole rings is 1. The molecule has 4 aromatic carbocycles. The van der Waals surface area contributed by atoms with Crippen LogP contribution < -0.4 is 20.9 Å². The van der Waals surface area contributed by atoms with E-state index >= 15 is 0 Å². The van der Waals surface area contributed by atoms with Gasteiger partial charge in [-0.3, -0.25) is 9.58 Å². The van der Waals surface area contributed by atoms with Gasteiger partial charge in [-0.15, -0.1) is 0 Å². The summed E-state index contributed by atoms with van der Waals surface area (Å²) in [4.78, 5) is 17.4. The summed E-state index contributed by atoms with van der Waals surface area (Å²) in [6.45, 7) is 29.3. The van der Waals surface area contributed by atoms with Gasteiger partial charge < -0.3 is 25.8 Å². The van der Waals surface area contributed by atoms with E-state index in [4.69, 9.17) is 15.1 Å². The molecule has 3 aromatic heterocycles. The van der Waals surface area contributed by atoms with Crippen molar-refractivity contribution in [1.29, 1.82) is 0 Å². The van der Waals surface area contributed by atoms with Gasteiger partial charge in [-0.2, -0.15) is 5.10 Å². The number of hydrogen-bond acceptors (Lipinski definition) is 10. The zero-order chi connectivity index (χ0) is 46.7. The Morgan fingerprint density at radius 1 is 0.853 bits per heavy atom. The summed E-state index contributed by atoms with van der Waals surface area (Å²) in [5, 5.41) is 17.4. The average molecular weight is 919 g/mol. The van der Waals surface area contributed by atoms with Gasteiger partial charge in [0, 0.05) is 104 Å². The lowest BCUT2D eigenvalue weighted by Gasteiger charge is -2.35. The van der Waals surface area contributed by atoms with Gasteiger partial charge in [-0.1, -0.05) is 98.8 Å². The van der Waals surface area contributed by atoms with E-state index < -0.39 is 0 Å². The van der Waals surface area contributed by atoms with E-state index in [0.29, 0.717) is 0 Å². The van der Waals surface area contributed by atoms with Crippen LogP contribution >= 0.6 is 11.3 Å². The number of allylic oxidation sites excluding steroid dienone is 2. The number of benzene rings is 4. The van der Waals surface area contributed by atoms with Crippen molar-refractivity contribution in [2.45, 2.75) is 51.0 Å². The molecule has 0 aliphatic carbocycles. The van der Waals surface area contributed by atoms with E-state index in [-0.39, 0.29) is 5.92 Å². The first-order chi connectivity index (χ1) is 33.1. The minimum atomic E-state index is 0.185. The van der Waals surface area contributed by atoms with E-state index in [2.05, 4.69) is 142 Å². The fraction of sp³-hybridized carbons (Fsp3) is 0.281. The van der Waals surface area contributed by atoms with Gasteiger partial charge in [0.25, 0.3) is 0 Å². The number of fused-ring (bicyclic) bond motifs is 3. The number of pyridine rings is 1. The number of para-hydroxylation sites is 1. The van der Waals surface area contributed by atoms with Gasteiger partial charge in [-0.05, 0) is 116 Å². The first kappa shape index (κ1) is 45.0. The summed E-state index contributed by atoms with van der Waals surface area (Å²) < 4.78 is 3.14. The standard InChI is InChI=1S/C57H62N10S/c1-7-51-48(26-27-55(61-51)67-30-28-43-14-12-15-46(50(43)37-67)40(4)60-57-62-52-16-8-9-17-54(52)68-57)44-21-19-42(20-22-44)13-10-11-29-65-31-33-66(34-32-65)36-39(3)59-45-23-25-49-53(35-45)64(6)63-56(49)47-24-18-38(2)58-41(47)5/h7-9,12,14-17,19-23,25-27,35,47,58-59H,1-5,10-11,13,18,24,28-34,36-37H2,6H3,(H,60,62). The third-order valence-corrected chi connectivity index (χ3v) is 14.9. The molecular formula is C57H62N10S. The monoisotopic (exact) mass is 918 g/mol. The molecule has 10 rings (SSSR count). The Hall–Kier alpha value is -6.79. The van der Waals surface area contributed by atoms with E-state index in [1.54, 1.807) is 11.3 Å². The number of piperazine rings is 1. The highest BCUT2D eigenvalue weighted by molar-refractivity contribution is 7.22. The second kappa shape index (κ2) is 19.8. The summed E-state index contributed by atoms with van der Waals surface area (Å²) >= 11 is 1.65. The fourth-order valence-corrected chi connectivity index (χ4v) is 11.1. The predicted molar refractivity (Wildman–Crippen MR) is 286 cm³/mol. The number of aromatic nitrogens is 4. The van der Waals surface area contributed by atoms with Crippen LogP contribution in [0.4, 0.5) is 16.6 Å². The highest BCUT2D eigenvalue weighted by atomic mass is 32.1. The van der Waals surface area contributed by atoms with Gasteiger partial charge in [0.2, 0.25) is 0 Å². The zero-order valence-electron chi connectivity index (χ0n) is 39.4. The summed E-state index contributed by atoms with van der Waals surface area (Å²) in [5.74, 6) is 1.15. The van der Waals surface area contributed by atoms with Crippen molar-refractivity contribution in [2.24, 2.45) is 7.05 Å². The number of unbranched alkanes of at least 4 members (excludes halogenated alkanes) is 1. The number of aryl methyl sites for hydroxylation is 2. The Bertz CT molecular complexity index is 3010. The topological polar surface area (TPSA) is 89.4 Å². The minimum Gasteiger partial charge on any atom is -0.363 e. The Kier molecular flexibility index (Phi) is 13.1. The maximum absolute atomic E-state index is 5.16. The van der Waals surface area contributed by atoms with E-state index in [1.165, 1.54) is 34.9 Å². The lowest BCUT2D eigenvalue weighted by molar-refractivity contribution is 0.139. The molecule has 0 saturated carbocycles. The second-order valence-corrected chi connectivity index (χ2v) is 19.6. The molecule has 3 aliphatic rings. The molecule has 1 atom stereocenters. The van der Waals surface area contributed by atoms with Crippen molar-refractivity contribution in [3.05, 3.63) is 181 Å². The highest BCUT2D eigenvalue weighted by Gasteiger charge is 2.27. The SMILES string of the molecule is C=Cc1nc(N2CCc3cccc(C(=C)Nc4nc5ccccc5s4)c3C2)ccc1-c1ccc(CCCCN2CCN(CC(=C)Nc3ccc4c(C5CCC(=C)NC5=C)nn(C)c4c3)CC2)cc1. The van der Waals surface area contributed by atoms with Gasteiger partial charge in [-0.25, -0.2) is 9.97 Å². The highest BCUT2D eigenvalue weighted by Crippen LogP contribution is 2.37. The van der Waals surface area contributed by atoms with Crippen LogP contribution in [0.5, 0.6) is 0 Å². The molecule has 0 spiro atoms. The van der Waals surface area contributed by atoms with Crippen LogP contribution in [-0.4, -0.2) is 75.4 Å². The van der Waals surface area contributed by atoms with Crippen LogP contribution in [0.3, 0.4) is 0 Å². The number of rotatable bonds is 16. The number of nitrogens with zero attached hydrogens (tertiary/aromatic N) is 7. The third kappa shape index (κ3) is 9.78. The Morgan fingerprint density at radius 3 is 2.49 bits per heavy atom. The molecule has 1 unspecified atom stereocenters. The fourth-order valence-electron chi connectivity index (χ4n) is 10.2. The molecule has 0 amide bonds. The molecule has 2 saturated heterocycles. The number of piperidine rings is 1.